The molecule has 4 nitrogen and oxygen atoms in total. The summed E-state index contributed by atoms with van der Waals surface area (Å²) in [5.74, 6) is -0.799. The molecule has 21 heavy (non-hydrogen) atoms. The van der Waals surface area contributed by atoms with E-state index in [1.165, 1.54) is 5.56 Å². The Bertz CT molecular complexity index is 605. The topological polar surface area (TPSA) is 53.4 Å². The number of hydrogen-bond acceptors (Lipinski definition) is 4. The van der Waals surface area contributed by atoms with E-state index in [2.05, 4.69) is 36.2 Å². The smallest absolute Gasteiger partial charge is 0.317 e. The first-order valence-electron chi connectivity index (χ1n) is 6.93. The molecule has 2 rings (SSSR count). The molecule has 0 atom stereocenters. The molecule has 0 radical (unpaired) electrons. The van der Waals surface area contributed by atoms with Gasteiger partial charge in [0.05, 0.1) is 6.54 Å². The van der Waals surface area contributed by atoms with Crippen LogP contribution in [0.5, 0.6) is 0 Å². The molecule has 0 bridgehead atoms. The zero-order valence-electron chi connectivity index (χ0n) is 12.5. The highest BCUT2D eigenvalue weighted by Crippen LogP contribution is 2.26. The molecular formula is C16H20N2O2S. The van der Waals surface area contributed by atoms with E-state index in [1.54, 1.807) is 11.3 Å². The lowest BCUT2D eigenvalue weighted by molar-refractivity contribution is -0.138. The van der Waals surface area contributed by atoms with Gasteiger partial charge in [-0.05, 0) is 20.8 Å². The van der Waals surface area contributed by atoms with Crippen LogP contribution in [0.2, 0.25) is 0 Å². The van der Waals surface area contributed by atoms with E-state index in [9.17, 15) is 4.79 Å². The van der Waals surface area contributed by atoms with E-state index in [4.69, 9.17) is 5.11 Å². The van der Waals surface area contributed by atoms with Crippen molar-refractivity contribution in [3.63, 3.8) is 0 Å². The normalized spacial score (nSPS) is 11.3. The van der Waals surface area contributed by atoms with Crippen molar-refractivity contribution in [3.8, 4) is 10.6 Å². The van der Waals surface area contributed by atoms with Crippen LogP contribution in [0.4, 0.5) is 0 Å². The second-order valence-electron chi connectivity index (χ2n) is 5.39. The quantitative estimate of drug-likeness (QED) is 0.888. The van der Waals surface area contributed by atoms with E-state index in [1.807, 2.05) is 24.9 Å². The number of carboxylic acids is 1. The molecule has 0 unspecified atom stereocenters. The maximum absolute atomic E-state index is 10.9. The zero-order valence-corrected chi connectivity index (χ0v) is 13.4. The van der Waals surface area contributed by atoms with Gasteiger partial charge in [0.2, 0.25) is 0 Å². The fourth-order valence-corrected chi connectivity index (χ4v) is 2.95. The SMILES string of the molecule is Cc1ccc(-c2ncc(CN(CC(=O)O)C(C)C)s2)cc1. The number of benzene rings is 1. The van der Waals surface area contributed by atoms with Gasteiger partial charge in [0.15, 0.2) is 0 Å². The minimum Gasteiger partial charge on any atom is -0.480 e. The minimum atomic E-state index is -0.799. The Kier molecular flexibility index (Phi) is 5.09. The number of carbonyl (C=O) groups is 1. The van der Waals surface area contributed by atoms with E-state index in [0.29, 0.717) is 6.54 Å². The first kappa shape index (κ1) is 15.7. The monoisotopic (exact) mass is 304 g/mol. The predicted molar refractivity (Wildman–Crippen MR) is 85.5 cm³/mol. The maximum Gasteiger partial charge on any atom is 0.317 e. The summed E-state index contributed by atoms with van der Waals surface area (Å²) in [5.41, 5.74) is 2.33. The van der Waals surface area contributed by atoms with Crippen LogP contribution < -0.4 is 0 Å². The predicted octanol–water partition coefficient (Wildman–Crippen LogP) is 3.41. The summed E-state index contributed by atoms with van der Waals surface area (Å²) >= 11 is 1.62. The number of rotatable bonds is 6. The summed E-state index contributed by atoms with van der Waals surface area (Å²) in [6.07, 6.45) is 1.84. The molecule has 0 saturated carbocycles. The van der Waals surface area contributed by atoms with Gasteiger partial charge in [-0.3, -0.25) is 9.69 Å². The van der Waals surface area contributed by atoms with Crippen molar-refractivity contribution in [2.24, 2.45) is 0 Å². The first-order chi connectivity index (χ1) is 9.95. The third kappa shape index (κ3) is 4.37. The Morgan fingerprint density at radius 1 is 1.33 bits per heavy atom. The van der Waals surface area contributed by atoms with E-state index in [-0.39, 0.29) is 12.6 Å². The lowest BCUT2D eigenvalue weighted by atomic mass is 10.2. The van der Waals surface area contributed by atoms with Crippen LogP contribution >= 0.6 is 11.3 Å². The summed E-state index contributed by atoms with van der Waals surface area (Å²) in [6, 6.07) is 8.46. The fraction of sp³-hybridized carbons (Fsp3) is 0.375. The second kappa shape index (κ2) is 6.83. The van der Waals surface area contributed by atoms with Crippen molar-refractivity contribution in [2.75, 3.05) is 6.54 Å². The van der Waals surface area contributed by atoms with Crippen LogP contribution in [0.3, 0.4) is 0 Å². The molecule has 0 fully saturated rings. The van der Waals surface area contributed by atoms with Crippen molar-refractivity contribution in [2.45, 2.75) is 33.4 Å². The molecule has 0 aliphatic carbocycles. The van der Waals surface area contributed by atoms with Crippen molar-refractivity contribution >= 4 is 17.3 Å². The molecule has 0 spiro atoms. The lowest BCUT2D eigenvalue weighted by Crippen LogP contribution is -2.34. The molecule has 0 aliphatic heterocycles. The first-order valence-corrected chi connectivity index (χ1v) is 7.75. The maximum atomic E-state index is 10.9. The van der Waals surface area contributed by atoms with Crippen LogP contribution in [-0.2, 0) is 11.3 Å². The number of aliphatic carboxylic acids is 1. The van der Waals surface area contributed by atoms with Crippen LogP contribution in [0, 0.1) is 6.92 Å². The second-order valence-corrected chi connectivity index (χ2v) is 6.51. The van der Waals surface area contributed by atoms with E-state index >= 15 is 0 Å². The Hall–Kier alpha value is -1.72. The van der Waals surface area contributed by atoms with Gasteiger partial charge in [-0.25, -0.2) is 4.98 Å². The van der Waals surface area contributed by atoms with Gasteiger partial charge in [0.1, 0.15) is 5.01 Å². The molecule has 1 N–H and O–H groups in total. The molecule has 1 aromatic carbocycles. The standard InChI is InChI=1S/C16H20N2O2S/c1-11(2)18(10-15(19)20)9-14-8-17-16(21-14)13-6-4-12(3)5-7-13/h4-8,11H,9-10H2,1-3H3,(H,19,20). The van der Waals surface area contributed by atoms with Gasteiger partial charge in [-0.2, -0.15) is 0 Å². The number of aryl methyl sites for hydroxylation is 1. The number of aromatic nitrogens is 1. The third-order valence-electron chi connectivity index (χ3n) is 3.28. The Balaban J connectivity index is 2.11. The number of nitrogens with zero attached hydrogens (tertiary/aromatic N) is 2. The Morgan fingerprint density at radius 3 is 2.57 bits per heavy atom. The average Bonchev–Trinajstić information content (AvgIpc) is 2.87. The molecule has 0 saturated heterocycles. The summed E-state index contributed by atoms with van der Waals surface area (Å²) in [7, 11) is 0. The van der Waals surface area contributed by atoms with Crippen molar-refractivity contribution < 1.29 is 9.90 Å². The largest absolute Gasteiger partial charge is 0.480 e. The molecule has 2 aromatic rings. The summed E-state index contributed by atoms with van der Waals surface area (Å²) in [5, 5.41) is 9.94. The Labute approximate surface area is 129 Å². The van der Waals surface area contributed by atoms with Gasteiger partial charge in [0.25, 0.3) is 0 Å². The molecule has 0 aliphatic rings. The van der Waals surface area contributed by atoms with Crippen molar-refractivity contribution in [1.29, 1.82) is 0 Å². The minimum absolute atomic E-state index is 0.0510. The summed E-state index contributed by atoms with van der Waals surface area (Å²) in [4.78, 5) is 18.4. The highest BCUT2D eigenvalue weighted by atomic mass is 32.1. The molecule has 112 valence electrons. The molecule has 5 heteroatoms. The van der Waals surface area contributed by atoms with Crippen molar-refractivity contribution in [1.82, 2.24) is 9.88 Å². The third-order valence-corrected chi connectivity index (χ3v) is 4.31. The van der Waals surface area contributed by atoms with Gasteiger partial charge in [-0.15, -0.1) is 11.3 Å². The van der Waals surface area contributed by atoms with Crippen LogP contribution in [0.25, 0.3) is 10.6 Å². The Morgan fingerprint density at radius 2 is 2.00 bits per heavy atom. The van der Waals surface area contributed by atoms with Crippen LogP contribution in [0.15, 0.2) is 30.5 Å². The highest BCUT2D eigenvalue weighted by molar-refractivity contribution is 7.15. The molecular weight excluding hydrogens is 284 g/mol. The zero-order chi connectivity index (χ0) is 15.4. The number of thiazole rings is 1. The van der Waals surface area contributed by atoms with Gasteiger partial charge >= 0.3 is 5.97 Å². The number of hydrogen-bond donors (Lipinski definition) is 1. The van der Waals surface area contributed by atoms with Crippen molar-refractivity contribution in [3.05, 3.63) is 40.9 Å². The van der Waals surface area contributed by atoms with Crippen LogP contribution in [0.1, 0.15) is 24.3 Å². The highest BCUT2D eigenvalue weighted by Gasteiger charge is 2.15. The average molecular weight is 304 g/mol. The fourth-order valence-electron chi connectivity index (χ4n) is 2.01. The van der Waals surface area contributed by atoms with E-state index in [0.717, 1.165) is 15.4 Å². The molecule has 1 aromatic heterocycles. The lowest BCUT2D eigenvalue weighted by Gasteiger charge is -2.23. The van der Waals surface area contributed by atoms with E-state index < -0.39 is 5.97 Å². The van der Waals surface area contributed by atoms with Crippen LogP contribution in [-0.4, -0.2) is 33.5 Å². The van der Waals surface area contributed by atoms with Gasteiger partial charge in [0, 0.05) is 29.2 Å². The summed E-state index contributed by atoms with van der Waals surface area (Å²) < 4.78 is 0. The summed E-state index contributed by atoms with van der Waals surface area (Å²) in [6.45, 7) is 6.74. The molecule has 1 heterocycles. The molecule has 0 amide bonds. The van der Waals surface area contributed by atoms with Gasteiger partial charge < -0.3 is 5.11 Å². The van der Waals surface area contributed by atoms with Gasteiger partial charge in [-0.1, -0.05) is 29.8 Å². The number of carboxylic acid groups (broad SMARTS) is 1.